The van der Waals surface area contributed by atoms with E-state index in [4.69, 9.17) is 17.3 Å². The summed E-state index contributed by atoms with van der Waals surface area (Å²) >= 11 is 5.91. The number of aryl methyl sites for hydroxylation is 2. The Kier molecular flexibility index (Phi) is 4.57. The zero-order valence-corrected chi connectivity index (χ0v) is 11.9. The van der Waals surface area contributed by atoms with Crippen molar-refractivity contribution in [2.45, 2.75) is 19.8 Å². The number of aromatic nitrogens is 3. The highest BCUT2D eigenvalue weighted by atomic mass is 35.5. The summed E-state index contributed by atoms with van der Waals surface area (Å²) in [5, 5.41) is 9.94. The number of amides is 1. The minimum absolute atomic E-state index is 0.243. The van der Waals surface area contributed by atoms with Crippen LogP contribution in [0.5, 0.6) is 0 Å². The number of anilines is 1. The van der Waals surface area contributed by atoms with Crippen molar-refractivity contribution in [2.75, 3.05) is 12.3 Å². The van der Waals surface area contributed by atoms with Crippen molar-refractivity contribution >= 4 is 23.3 Å². The molecule has 0 aliphatic heterocycles. The van der Waals surface area contributed by atoms with Crippen molar-refractivity contribution in [3.8, 4) is 0 Å². The van der Waals surface area contributed by atoms with Crippen molar-refractivity contribution in [1.82, 2.24) is 20.5 Å². The molecule has 1 amide bonds. The summed E-state index contributed by atoms with van der Waals surface area (Å²) in [5.41, 5.74) is 8.10. The van der Waals surface area contributed by atoms with Crippen molar-refractivity contribution in [3.05, 3.63) is 40.3 Å². The fraction of sp³-hybridized carbons (Fsp3) is 0.308. The van der Waals surface area contributed by atoms with Crippen LogP contribution in [0.1, 0.15) is 28.0 Å². The minimum atomic E-state index is -0.243. The second-order valence-corrected chi connectivity index (χ2v) is 4.88. The van der Waals surface area contributed by atoms with Gasteiger partial charge in [0.1, 0.15) is 5.82 Å². The summed E-state index contributed by atoms with van der Waals surface area (Å²) in [6.07, 6.45) is 4.86. The van der Waals surface area contributed by atoms with Gasteiger partial charge in [-0.3, -0.25) is 9.89 Å². The monoisotopic (exact) mass is 293 g/mol. The molecular formula is C13H16ClN5O. The van der Waals surface area contributed by atoms with E-state index in [1.165, 1.54) is 12.3 Å². The molecular weight excluding hydrogens is 278 g/mol. The number of nitrogens with two attached hydrogens (primary N) is 1. The molecule has 0 spiro atoms. The minimum Gasteiger partial charge on any atom is -0.384 e. The highest BCUT2D eigenvalue weighted by molar-refractivity contribution is 6.33. The Morgan fingerprint density at radius 3 is 3.00 bits per heavy atom. The van der Waals surface area contributed by atoms with E-state index in [0.29, 0.717) is 17.1 Å². The summed E-state index contributed by atoms with van der Waals surface area (Å²) < 4.78 is 0. The van der Waals surface area contributed by atoms with Crippen LogP contribution >= 0.6 is 11.6 Å². The van der Waals surface area contributed by atoms with Gasteiger partial charge in [-0.15, -0.1) is 0 Å². The van der Waals surface area contributed by atoms with Crippen LogP contribution in [0.3, 0.4) is 0 Å². The molecule has 0 aliphatic rings. The molecule has 2 aromatic heterocycles. The molecule has 2 heterocycles. The van der Waals surface area contributed by atoms with E-state index in [1.54, 1.807) is 6.20 Å². The molecule has 7 heteroatoms. The lowest BCUT2D eigenvalue weighted by atomic mass is 10.1. The van der Waals surface area contributed by atoms with Crippen LogP contribution in [-0.2, 0) is 6.42 Å². The van der Waals surface area contributed by atoms with Gasteiger partial charge in [0.05, 0.1) is 16.8 Å². The standard InChI is InChI=1S/C13H16ClN5O/c1-8-9(6-18-19-8)3-2-4-16-13(20)10-5-12(15)17-7-11(10)14/h5-7H,2-4H2,1H3,(H2,15,17)(H,16,20)(H,18,19). The van der Waals surface area contributed by atoms with Gasteiger partial charge in [-0.25, -0.2) is 4.98 Å². The number of pyridine rings is 1. The summed E-state index contributed by atoms with van der Waals surface area (Å²) in [5.74, 6) is 0.0292. The van der Waals surface area contributed by atoms with Crippen LogP contribution in [0.25, 0.3) is 0 Å². The van der Waals surface area contributed by atoms with Crippen LogP contribution < -0.4 is 11.1 Å². The van der Waals surface area contributed by atoms with Gasteiger partial charge < -0.3 is 11.1 Å². The van der Waals surface area contributed by atoms with Crippen LogP contribution in [-0.4, -0.2) is 27.6 Å². The molecule has 20 heavy (non-hydrogen) atoms. The van der Waals surface area contributed by atoms with Gasteiger partial charge in [-0.1, -0.05) is 11.6 Å². The number of H-pyrrole nitrogens is 1. The van der Waals surface area contributed by atoms with Gasteiger partial charge in [0.2, 0.25) is 0 Å². The summed E-state index contributed by atoms with van der Waals surface area (Å²) in [7, 11) is 0. The maximum atomic E-state index is 11.9. The predicted octanol–water partition coefficient (Wildman–Crippen LogP) is 1.71. The first-order chi connectivity index (χ1) is 9.58. The van der Waals surface area contributed by atoms with E-state index in [1.807, 2.05) is 6.92 Å². The number of carbonyl (C=O) groups is 1. The van der Waals surface area contributed by atoms with Gasteiger partial charge >= 0.3 is 0 Å². The molecule has 0 aromatic carbocycles. The average Bonchev–Trinajstić information content (AvgIpc) is 2.83. The fourth-order valence-electron chi connectivity index (χ4n) is 1.83. The van der Waals surface area contributed by atoms with Gasteiger partial charge in [0.15, 0.2) is 0 Å². The molecule has 106 valence electrons. The topological polar surface area (TPSA) is 96.7 Å². The van der Waals surface area contributed by atoms with E-state index in [2.05, 4.69) is 20.5 Å². The van der Waals surface area contributed by atoms with Gasteiger partial charge in [0, 0.05) is 18.4 Å². The Morgan fingerprint density at radius 2 is 2.30 bits per heavy atom. The quantitative estimate of drug-likeness (QED) is 0.731. The molecule has 0 radical (unpaired) electrons. The van der Waals surface area contributed by atoms with E-state index in [9.17, 15) is 4.79 Å². The van der Waals surface area contributed by atoms with Crippen LogP contribution in [0.15, 0.2) is 18.5 Å². The number of nitrogen functional groups attached to an aromatic ring is 1. The Morgan fingerprint density at radius 1 is 1.50 bits per heavy atom. The first-order valence-corrected chi connectivity index (χ1v) is 6.64. The zero-order chi connectivity index (χ0) is 14.5. The molecule has 2 rings (SSSR count). The molecule has 0 saturated heterocycles. The summed E-state index contributed by atoms with van der Waals surface area (Å²) in [6.45, 7) is 2.53. The maximum absolute atomic E-state index is 11.9. The van der Waals surface area contributed by atoms with Crippen LogP contribution in [0.4, 0.5) is 5.82 Å². The largest absolute Gasteiger partial charge is 0.384 e. The van der Waals surface area contributed by atoms with Crippen molar-refractivity contribution < 1.29 is 4.79 Å². The number of halogens is 1. The maximum Gasteiger partial charge on any atom is 0.252 e. The average molecular weight is 294 g/mol. The number of aromatic amines is 1. The summed E-state index contributed by atoms with van der Waals surface area (Å²) in [4.78, 5) is 15.8. The lowest BCUT2D eigenvalue weighted by Gasteiger charge is -2.07. The second kappa shape index (κ2) is 6.38. The lowest BCUT2D eigenvalue weighted by Crippen LogP contribution is -2.25. The van der Waals surface area contributed by atoms with E-state index >= 15 is 0 Å². The third-order valence-electron chi connectivity index (χ3n) is 2.96. The Hall–Kier alpha value is -2.08. The smallest absolute Gasteiger partial charge is 0.252 e. The van der Waals surface area contributed by atoms with Crippen molar-refractivity contribution in [1.29, 1.82) is 0 Å². The number of nitrogens with one attached hydrogen (secondary N) is 2. The van der Waals surface area contributed by atoms with E-state index in [-0.39, 0.29) is 11.7 Å². The normalized spacial score (nSPS) is 10.5. The lowest BCUT2D eigenvalue weighted by molar-refractivity contribution is 0.0953. The summed E-state index contributed by atoms with van der Waals surface area (Å²) in [6, 6.07) is 1.47. The van der Waals surface area contributed by atoms with Crippen LogP contribution in [0, 0.1) is 6.92 Å². The van der Waals surface area contributed by atoms with Crippen LogP contribution in [0.2, 0.25) is 5.02 Å². The molecule has 0 aliphatic carbocycles. The molecule has 0 fully saturated rings. The zero-order valence-electron chi connectivity index (χ0n) is 11.1. The highest BCUT2D eigenvalue weighted by Gasteiger charge is 2.10. The Bertz CT molecular complexity index is 611. The van der Waals surface area contributed by atoms with Gasteiger partial charge in [0.25, 0.3) is 5.91 Å². The van der Waals surface area contributed by atoms with Gasteiger partial charge in [-0.05, 0) is 31.4 Å². The Labute approximate surface area is 121 Å². The first-order valence-electron chi connectivity index (χ1n) is 6.26. The molecule has 6 nitrogen and oxygen atoms in total. The number of hydrogen-bond donors (Lipinski definition) is 3. The number of nitrogens with zero attached hydrogens (tertiary/aromatic N) is 2. The second-order valence-electron chi connectivity index (χ2n) is 4.47. The molecule has 0 atom stereocenters. The third kappa shape index (κ3) is 3.48. The predicted molar refractivity (Wildman–Crippen MR) is 77.6 cm³/mol. The molecule has 0 bridgehead atoms. The first kappa shape index (κ1) is 14.3. The molecule has 4 N–H and O–H groups in total. The molecule has 2 aromatic rings. The van der Waals surface area contributed by atoms with E-state index < -0.39 is 0 Å². The number of hydrogen-bond acceptors (Lipinski definition) is 4. The number of carbonyl (C=O) groups excluding carboxylic acids is 1. The van der Waals surface area contributed by atoms with Crippen molar-refractivity contribution in [3.63, 3.8) is 0 Å². The number of rotatable bonds is 5. The SMILES string of the molecule is Cc1[nH]ncc1CCCNC(=O)c1cc(N)ncc1Cl. The highest BCUT2D eigenvalue weighted by Crippen LogP contribution is 2.16. The van der Waals surface area contributed by atoms with E-state index in [0.717, 1.165) is 24.1 Å². The molecule has 0 saturated carbocycles. The Balaban J connectivity index is 1.83. The third-order valence-corrected chi connectivity index (χ3v) is 3.27. The van der Waals surface area contributed by atoms with Gasteiger partial charge in [-0.2, -0.15) is 5.10 Å². The molecule has 0 unspecified atom stereocenters. The van der Waals surface area contributed by atoms with Crippen molar-refractivity contribution in [2.24, 2.45) is 0 Å². The fourth-order valence-corrected chi connectivity index (χ4v) is 2.02.